The van der Waals surface area contributed by atoms with Gasteiger partial charge in [0.1, 0.15) is 46.0 Å². The van der Waals surface area contributed by atoms with Gasteiger partial charge in [-0.25, -0.2) is 22.8 Å². The number of hydrazine groups is 1. The van der Waals surface area contributed by atoms with E-state index in [1.165, 1.54) is 12.1 Å². The third kappa shape index (κ3) is 6.19. The van der Waals surface area contributed by atoms with Crippen LogP contribution in [0.15, 0.2) is 78.9 Å². The summed E-state index contributed by atoms with van der Waals surface area (Å²) in [4.78, 5) is 48.0. The molecule has 0 aliphatic rings. The molecule has 0 fully saturated rings. The Balaban J connectivity index is 1.95. The first-order chi connectivity index (χ1) is 20.4. The van der Waals surface area contributed by atoms with Gasteiger partial charge in [0.25, 0.3) is 11.4 Å². The number of phenols is 2. The van der Waals surface area contributed by atoms with Crippen LogP contribution in [0.5, 0.6) is 11.5 Å². The van der Waals surface area contributed by atoms with Gasteiger partial charge >= 0.3 is 12.1 Å². The smallest absolute Gasteiger partial charge is 0.346 e. The fourth-order valence-electron chi connectivity index (χ4n) is 3.73. The fourth-order valence-corrected chi connectivity index (χ4v) is 3.73. The second-order valence-corrected chi connectivity index (χ2v) is 8.42. The Kier molecular flexibility index (Phi) is 8.26. The molecule has 4 aromatic carbocycles. The lowest BCUT2D eigenvalue weighted by atomic mass is 10.2. The fraction of sp³-hybridized carbons (Fsp3) is 0. The summed E-state index contributed by atoms with van der Waals surface area (Å²) in [5.74, 6) is -5.48. The zero-order chi connectivity index (χ0) is 31.4. The molecule has 0 bridgehead atoms. The van der Waals surface area contributed by atoms with Crippen LogP contribution < -0.4 is 20.7 Å². The monoisotopic (exact) mass is 598 g/mol. The molecule has 17 heteroatoms. The first-order valence-electron chi connectivity index (χ1n) is 11.7. The van der Waals surface area contributed by atoms with Gasteiger partial charge in [0.2, 0.25) is 0 Å². The number of para-hydroxylation sites is 2. The van der Waals surface area contributed by atoms with Gasteiger partial charge in [0.05, 0.1) is 27.7 Å². The lowest BCUT2D eigenvalue weighted by Crippen LogP contribution is -2.54. The van der Waals surface area contributed by atoms with E-state index >= 15 is 0 Å². The highest BCUT2D eigenvalue weighted by atomic mass is 19.1. The molecule has 4 amide bonds. The second kappa shape index (κ2) is 12.0. The summed E-state index contributed by atoms with van der Waals surface area (Å²) in [6, 6.07) is 8.65. The van der Waals surface area contributed by atoms with Crippen molar-refractivity contribution in [2.75, 3.05) is 20.7 Å². The summed E-state index contributed by atoms with van der Waals surface area (Å²) in [6.45, 7) is 0. The predicted octanol–water partition coefficient (Wildman–Crippen LogP) is 6.02. The van der Waals surface area contributed by atoms with Crippen LogP contribution in [0.2, 0.25) is 0 Å². The number of amides is 4. The molecule has 0 aliphatic carbocycles. The maximum absolute atomic E-state index is 14.5. The maximum atomic E-state index is 14.5. The summed E-state index contributed by atoms with van der Waals surface area (Å²) < 4.78 is 43.4. The average Bonchev–Trinajstić information content (AvgIpc) is 2.95. The molecular weight excluding hydrogens is 581 g/mol. The Hall–Kier alpha value is -6.39. The molecule has 0 radical (unpaired) electrons. The van der Waals surface area contributed by atoms with Crippen LogP contribution in [0.4, 0.5) is 56.9 Å². The third-order valence-corrected chi connectivity index (χ3v) is 5.69. The maximum Gasteiger partial charge on any atom is 0.346 e. The van der Waals surface area contributed by atoms with E-state index < -0.39 is 85.0 Å². The Labute approximate surface area is 238 Å². The number of aromatic hydroxyl groups is 2. The molecule has 4 N–H and O–H groups in total. The molecule has 43 heavy (non-hydrogen) atoms. The van der Waals surface area contributed by atoms with E-state index in [1.54, 1.807) is 0 Å². The molecule has 4 rings (SSSR count). The van der Waals surface area contributed by atoms with Crippen molar-refractivity contribution in [2.45, 2.75) is 0 Å². The first kappa shape index (κ1) is 29.6. The number of nitrogens with zero attached hydrogens (tertiary/aromatic N) is 4. The second-order valence-electron chi connectivity index (χ2n) is 8.42. The number of anilines is 4. The van der Waals surface area contributed by atoms with Crippen molar-refractivity contribution < 1.29 is 42.8 Å². The summed E-state index contributed by atoms with van der Waals surface area (Å²) >= 11 is 0. The summed E-state index contributed by atoms with van der Waals surface area (Å²) in [5.41, 5.74) is -4.20. The number of halogens is 3. The van der Waals surface area contributed by atoms with Crippen molar-refractivity contribution >= 4 is 46.2 Å². The van der Waals surface area contributed by atoms with Crippen molar-refractivity contribution in [3.8, 4) is 11.5 Å². The average molecular weight is 598 g/mol. The van der Waals surface area contributed by atoms with E-state index in [2.05, 4.69) is 5.32 Å². The van der Waals surface area contributed by atoms with Gasteiger partial charge in [-0.1, -0.05) is 18.2 Å². The molecule has 4 aromatic rings. The number of nitro groups is 2. The van der Waals surface area contributed by atoms with Crippen molar-refractivity contribution in [3.63, 3.8) is 0 Å². The SMILES string of the molecule is O=C(Nc1ccccc1F)N(c1ccc([N+](=O)[O-])cc1O)N(C(=O)Nc1c(F)cccc1F)c1ccc([N+](=O)[O-])cc1O. The number of benzene rings is 4. The number of non-ortho nitro benzene ring substituents is 2. The van der Waals surface area contributed by atoms with Gasteiger partial charge in [-0.3, -0.25) is 20.2 Å². The van der Waals surface area contributed by atoms with Crippen molar-refractivity contribution in [1.29, 1.82) is 0 Å². The molecule has 0 unspecified atom stereocenters. The topological polar surface area (TPSA) is 191 Å². The first-order valence-corrected chi connectivity index (χ1v) is 11.7. The highest BCUT2D eigenvalue weighted by Gasteiger charge is 2.35. The summed E-state index contributed by atoms with van der Waals surface area (Å²) in [5, 5.41) is 48.3. The van der Waals surface area contributed by atoms with Crippen LogP contribution in [0, 0.1) is 37.7 Å². The predicted molar refractivity (Wildman–Crippen MR) is 145 cm³/mol. The van der Waals surface area contributed by atoms with Gasteiger partial charge in [-0.05, 0) is 36.4 Å². The van der Waals surface area contributed by atoms with Crippen LogP contribution in [-0.2, 0) is 0 Å². The molecule has 0 saturated heterocycles. The summed E-state index contributed by atoms with van der Waals surface area (Å²) in [6.07, 6.45) is 0. The van der Waals surface area contributed by atoms with E-state index in [1.807, 2.05) is 5.32 Å². The third-order valence-electron chi connectivity index (χ3n) is 5.69. The number of carbonyl (C=O) groups excluding carboxylic acids is 2. The van der Waals surface area contributed by atoms with Gasteiger partial charge in [0, 0.05) is 12.1 Å². The van der Waals surface area contributed by atoms with Crippen molar-refractivity contribution in [2.24, 2.45) is 0 Å². The quantitative estimate of drug-likeness (QED) is 0.153. The number of urea groups is 2. The van der Waals surface area contributed by atoms with Gasteiger partial charge in [0.15, 0.2) is 0 Å². The minimum absolute atomic E-state index is 0.210. The molecule has 0 spiro atoms. The molecule has 220 valence electrons. The van der Waals surface area contributed by atoms with E-state index in [-0.39, 0.29) is 10.0 Å². The largest absolute Gasteiger partial charge is 0.505 e. The number of phenolic OH excluding ortho intramolecular Hbond substituents is 2. The van der Waals surface area contributed by atoms with Crippen LogP contribution in [0.3, 0.4) is 0 Å². The minimum atomic E-state index is -1.59. The lowest BCUT2D eigenvalue weighted by molar-refractivity contribution is -0.385. The zero-order valence-corrected chi connectivity index (χ0v) is 21.3. The Bertz CT molecular complexity index is 1750. The standard InChI is InChI=1S/C26H17F3N6O8/c27-16-4-1-2-7-19(16)30-25(38)32(20-10-8-14(34(40)41)12-22(20)36)33(21-11-9-15(35(42)43)13-23(21)37)26(39)31-24-17(28)5-3-6-18(24)29/h1-13,36-37H,(H,30,38)(H,31,39). The Morgan fingerprint density at radius 3 is 1.53 bits per heavy atom. The number of rotatable bonds is 6. The lowest BCUT2D eigenvalue weighted by Gasteiger charge is -2.35. The van der Waals surface area contributed by atoms with E-state index in [0.717, 1.165) is 54.6 Å². The van der Waals surface area contributed by atoms with E-state index in [9.17, 15) is 53.2 Å². The number of nitrogens with one attached hydrogen (secondary N) is 2. The molecule has 0 atom stereocenters. The number of carbonyl (C=O) groups is 2. The molecule has 14 nitrogen and oxygen atoms in total. The number of hydrogen-bond acceptors (Lipinski definition) is 8. The van der Waals surface area contributed by atoms with Crippen molar-refractivity contribution in [1.82, 2.24) is 0 Å². The minimum Gasteiger partial charge on any atom is -0.505 e. The van der Waals surface area contributed by atoms with Gasteiger partial charge < -0.3 is 20.8 Å². The highest BCUT2D eigenvalue weighted by Crippen LogP contribution is 2.38. The van der Waals surface area contributed by atoms with E-state index in [0.29, 0.717) is 12.1 Å². The number of hydrogen-bond donors (Lipinski definition) is 4. The van der Waals surface area contributed by atoms with Crippen LogP contribution in [0.25, 0.3) is 0 Å². The van der Waals surface area contributed by atoms with Crippen molar-refractivity contribution in [3.05, 3.63) is 117 Å². The highest BCUT2D eigenvalue weighted by molar-refractivity contribution is 6.14. The van der Waals surface area contributed by atoms with Gasteiger partial charge in [-0.15, -0.1) is 0 Å². The molecule has 0 aromatic heterocycles. The van der Waals surface area contributed by atoms with Crippen LogP contribution in [-0.4, -0.2) is 32.1 Å². The molecule has 0 aliphatic heterocycles. The Morgan fingerprint density at radius 2 is 1.09 bits per heavy atom. The normalized spacial score (nSPS) is 10.5. The van der Waals surface area contributed by atoms with Crippen LogP contribution in [0.1, 0.15) is 0 Å². The number of nitro benzene ring substituents is 2. The summed E-state index contributed by atoms with van der Waals surface area (Å²) in [7, 11) is 0. The Morgan fingerprint density at radius 1 is 0.651 bits per heavy atom. The molecule has 0 saturated carbocycles. The van der Waals surface area contributed by atoms with Crippen LogP contribution >= 0.6 is 0 Å². The molecule has 0 heterocycles. The van der Waals surface area contributed by atoms with E-state index in [4.69, 9.17) is 0 Å². The zero-order valence-electron chi connectivity index (χ0n) is 21.3. The molecular formula is C26H17F3N6O8. The van der Waals surface area contributed by atoms with Gasteiger partial charge in [-0.2, -0.15) is 10.0 Å².